The van der Waals surface area contributed by atoms with Crippen LogP contribution in [0.1, 0.15) is 12.8 Å². The molecule has 0 saturated carbocycles. The largest absolute Gasteiger partial charge is 0.480 e. The molecule has 3 N–H and O–H groups in total. The molecular formula is C11H18N2O4S. The molecule has 2 fully saturated rings. The average Bonchev–Trinajstić information content (AvgIpc) is 2.40. The van der Waals surface area contributed by atoms with Gasteiger partial charge in [0.1, 0.15) is 5.54 Å². The number of carbonyl (C=O) groups excluding carboxylic acids is 1. The quantitative estimate of drug-likeness (QED) is 0.639. The highest BCUT2D eigenvalue weighted by molar-refractivity contribution is 7.99. The Morgan fingerprint density at radius 1 is 1.39 bits per heavy atom. The van der Waals surface area contributed by atoms with Crippen molar-refractivity contribution in [2.24, 2.45) is 0 Å². The number of nitrogens with one attached hydrogen (secondary N) is 2. The Morgan fingerprint density at radius 2 is 2.11 bits per heavy atom. The van der Waals surface area contributed by atoms with E-state index in [9.17, 15) is 14.7 Å². The molecule has 1 amide bonds. The molecule has 102 valence electrons. The van der Waals surface area contributed by atoms with E-state index in [1.807, 2.05) is 0 Å². The number of rotatable bonds is 3. The van der Waals surface area contributed by atoms with Gasteiger partial charge >= 0.3 is 5.97 Å². The minimum absolute atomic E-state index is 0.216. The molecule has 1 unspecified atom stereocenters. The molecule has 0 aromatic carbocycles. The van der Waals surface area contributed by atoms with Gasteiger partial charge in [-0.25, -0.2) is 4.79 Å². The highest BCUT2D eigenvalue weighted by Crippen LogP contribution is 2.21. The lowest BCUT2D eigenvalue weighted by Crippen LogP contribution is -2.62. The molecule has 18 heavy (non-hydrogen) atoms. The standard InChI is InChI=1S/C11H18N2O4S/c14-9(8-7-18-6-3-12-8)13-11(10(15)16)1-4-17-5-2-11/h8,12H,1-7H2,(H,13,14)(H,15,16). The fourth-order valence-corrected chi connectivity index (χ4v) is 3.10. The Kier molecular flexibility index (Phi) is 4.47. The Hall–Kier alpha value is -0.790. The third-order valence-electron chi connectivity index (χ3n) is 3.36. The van der Waals surface area contributed by atoms with Crippen molar-refractivity contribution in [2.45, 2.75) is 24.4 Å². The maximum Gasteiger partial charge on any atom is 0.329 e. The molecule has 6 nitrogen and oxygen atoms in total. The van der Waals surface area contributed by atoms with Gasteiger partial charge in [-0.2, -0.15) is 11.8 Å². The fraction of sp³-hybridized carbons (Fsp3) is 0.818. The van der Waals surface area contributed by atoms with E-state index in [4.69, 9.17) is 4.74 Å². The van der Waals surface area contributed by atoms with E-state index in [2.05, 4.69) is 10.6 Å². The summed E-state index contributed by atoms with van der Waals surface area (Å²) in [7, 11) is 0. The Morgan fingerprint density at radius 3 is 2.67 bits per heavy atom. The van der Waals surface area contributed by atoms with Gasteiger partial charge in [-0.1, -0.05) is 0 Å². The molecule has 0 radical (unpaired) electrons. The predicted octanol–water partition coefficient (Wildman–Crippen LogP) is -0.559. The van der Waals surface area contributed by atoms with E-state index in [0.29, 0.717) is 31.8 Å². The van der Waals surface area contributed by atoms with Gasteiger partial charge in [0.2, 0.25) is 5.91 Å². The second-order valence-electron chi connectivity index (χ2n) is 4.57. The average molecular weight is 274 g/mol. The molecular weight excluding hydrogens is 256 g/mol. The summed E-state index contributed by atoms with van der Waals surface area (Å²) in [6.07, 6.45) is 0.655. The van der Waals surface area contributed by atoms with Gasteiger partial charge < -0.3 is 20.5 Å². The highest BCUT2D eigenvalue weighted by Gasteiger charge is 2.42. The molecule has 2 saturated heterocycles. The number of hydrogen-bond donors (Lipinski definition) is 3. The monoisotopic (exact) mass is 274 g/mol. The molecule has 2 rings (SSSR count). The zero-order valence-corrected chi connectivity index (χ0v) is 10.9. The predicted molar refractivity (Wildman–Crippen MR) is 67.7 cm³/mol. The highest BCUT2D eigenvalue weighted by atomic mass is 32.2. The number of hydrogen-bond acceptors (Lipinski definition) is 5. The smallest absolute Gasteiger partial charge is 0.329 e. The summed E-state index contributed by atoms with van der Waals surface area (Å²) in [5, 5.41) is 15.2. The first kappa shape index (κ1) is 13.6. The van der Waals surface area contributed by atoms with E-state index in [1.165, 1.54) is 0 Å². The number of amides is 1. The molecule has 1 atom stereocenters. The molecule has 0 aromatic heterocycles. The summed E-state index contributed by atoms with van der Waals surface area (Å²) in [5.41, 5.74) is -1.15. The summed E-state index contributed by atoms with van der Waals surface area (Å²) in [6.45, 7) is 1.53. The lowest BCUT2D eigenvalue weighted by atomic mass is 9.90. The lowest BCUT2D eigenvalue weighted by Gasteiger charge is -2.35. The topological polar surface area (TPSA) is 87.7 Å². The van der Waals surface area contributed by atoms with Crippen LogP contribution in [0.2, 0.25) is 0 Å². The van der Waals surface area contributed by atoms with E-state index < -0.39 is 11.5 Å². The van der Waals surface area contributed by atoms with Crippen molar-refractivity contribution in [3.05, 3.63) is 0 Å². The Bertz CT molecular complexity index is 325. The van der Waals surface area contributed by atoms with Crippen LogP contribution in [0, 0.1) is 0 Å². The summed E-state index contributed by atoms with van der Waals surface area (Å²) in [4.78, 5) is 23.5. The van der Waals surface area contributed by atoms with Crippen LogP contribution in [0.25, 0.3) is 0 Å². The molecule has 7 heteroatoms. The van der Waals surface area contributed by atoms with Crippen molar-refractivity contribution in [3.63, 3.8) is 0 Å². The second kappa shape index (κ2) is 5.90. The van der Waals surface area contributed by atoms with Crippen LogP contribution in [-0.2, 0) is 14.3 Å². The molecule has 2 aliphatic heterocycles. The van der Waals surface area contributed by atoms with E-state index in [-0.39, 0.29) is 11.9 Å². The lowest BCUT2D eigenvalue weighted by molar-refractivity contribution is -0.152. The number of carboxylic acid groups (broad SMARTS) is 1. The summed E-state index contributed by atoms with van der Waals surface area (Å²) < 4.78 is 5.17. The summed E-state index contributed by atoms with van der Waals surface area (Å²) in [6, 6.07) is -0.289. The van der Waals surface area contributed by atoms with E-state index in [0.717, 1.165) is 12.3 Å². The van der Waals surface area contributed by atoms with Crippen molar-refractivity contribution in [3.8, 4) is 0 Å². The first-order valence-electron chi connectivity index (χ1n) is 6.08. The normalized spacial score (nSPS) is 27.4. The van der Waals surface area contributed by atoms with Crippen molar-refractivity contribution < 1.29 is 19.4 Å². The maximum atomic E-state index is 12.1. The SMILES string of the molecule is O=C(NC1(C(=O)O)CCOCC1)C1CSCCN1. The molecule has 0 aliphatic carbocycles. The molecule has 0 spiro atoms. The summed E-state index contributed by atoms with van der Waals surface area (Å²) in [5.74, 6) is 0.494. The first-order chi connectivity index (χ1) is 8.64. The van der Waals surface area contributed by atoms with Crippen molar-refractivity contribution in [2.75, 3.05) is 31.3 Å². The number of aliphatic carboxylic acids is 1. The van der Waals surface area contributed by atoms with Gasteiger partial charge in [-0.3, -0.25) is 4.79 Å². The van der Waals surface area contributed by atoms with Crippen molar-refractivity contribution in [1.29, 1.82) is 0 Å². The first-order valence-corrected chi connectivity index (χ1v) is 7.24. The van der Waals surface area contributed by atoms with Gasteiger partial charge in [0.15, 0.2) is 0 Å². The van der Waals surface area contributed by atoms with Gasteiger partial charge in [-0.15, -0.1) is 0 Å². The number of ether oxygens (including phenoxy) is 1. The minimum Gasteiger partial charge on any atom is -0.480 e. The Labute approximate surface area is 110 Å². The van der Waals surface area contributed by atoms with Crippen LogP contribution in [0.5, 0.6) is 0 Å². The third kappa shape index (κ3) is 2.96. The molecule has 2 aliphatic rings. The van der Waals surface area contributed by atoms with E-state index in [1.54, 1.807) is 11.8 Å². The molecule has 0 aromatic rings. The zero-order chi connectivity index (χ0) is 13.0. The minimum atomic E-state index is -1.15. The van der Waals surface area contributed by atoms with Crippen LogP contribution < -0.4 is 10.6 Å². The van der Waals surface area contributed by atoms with Crippen molar-refractivity contribution in [1.82, 2.24) is 10.6 Å². The van der Waals surface area contributed by atoms with Crippen molar-refractivity contribution >= 4 is 23.6 Å². The third-order valence-corrected chi connectivity index (χ3v) is 4.42. The molecule has 2 heterocycles. The van der Waals surface area contributed by atoms with Gasteiger partial charge in [0.05, 0.1) is 6.04 Å². The van der Waals surface area contributed by atoms with Gasteiger partial charge in [0, 0.05) is 44.1 Å². The number of carbonyl (C=O) groups is 2. The Balaban J connectivity index is 1.99. The van der Waals surface area contributed by atoms with Crippen LogP contribution in [0.3, 0.4) is 0 Å². The molecule has 0 bridgehead atoms. The van der Waals surface area contributed by atoms with Crippen LogP contribution in [0.15, 0.2) is 0 Å². The summed E-state index contributed by atoms with van der Waals surface area (Å²) >= 11 is 1.71. The van der Waals surface area contributed by atoms with Crippen LogP contribution >= 0.6 is 11.8 Å². The van der Waals surface area contributed by atoms with E-state index >= 15 is 0 Å². The van der Waals surface area contributed by atoms with Crippen LogP contribution in [-0.4, -0.2) is 59.8 Å². The zero-order valence-electron chi connectivity index (χ0n) is 10.1. The fourth-order valence-electron chi connectivity index (χ4n) is 2.17. The van der Waals surface area contributed by atoms with Crippen LogP contribution in [0.4, 0.5) is 0 Å². The number of thioether (sulfide) groups is 1. The number of carboxylic acids is 1. The van der Waals surface area contributed by atoms with Gasteiger partial charge in [0.25, 0.3) is 0 Å². The maximum absolute atomic E-state index is 12.1. The van der Waals surface area contributed by atoms with Gasteiger partial charge in [-0.05, 0) is 0 Å². The second-order valence-corrected chi connectivity index (χ2v) is 5.72.